The molecule has 3 heteroatoms. The third-order valence-electron chi connectivity index (χ3n) is 3.28. The van der Waals surface area contributed by atoms with Crippen LogP contribution in [0.25, 0.3) is 0 Å². The topological polar surface area (TPSA) is 44.1 Å². The molecule has 1 amide bonds. The van der Waals surface area contributed by atoms with Gasteiger partial charge >= 0.3 is 0 Å². The lowest BCUT2D eigenvalue weighted by Crippen LogP contribution is -2.42. The van der Waals surface area contributed by atoms with Gasteiger partial charge in [0.05, 0.1) is 11.6 Å². The molecule has 2 rings (SSSR count). The van der Waals surface area contributed by atoms with Gasteiger partial charge in [0, 0.05) is 18.5 Å². The Morgan fingerprint density at radius 2 is 2.06 bits per heavy atom. The molecule has 1 aromatic rings. The van der Waals surface area contributed by atoms with Crippen LogP contribution in [-0.2, 0) is 17.8 Å². The second-order valence-corrected chi connectivity index (χ2v) is 5.82. The molecule has 0 saturated carbocycles. The van der Waals surface area contributed by atoms with Gasteiger partial charge < -0.3 is 4.90 Å². The van der Waals surface area contributed by atoms with Crippen molar-refractivity contribution in [1.29, 1.82) is 5.26 Å². The molecule has 0 aliphatic carbocycles. The van der Waals surface area contributed by atoms with Crippen LogP contribution in [0.4, 0.5) is 0 Å². The highest BCUT2D eigenvalue weighted by Crippen LogP contribution is 2.25. The predicted octanol–water partition coefficient (Wildman–Crippen LogP) is 2.49. The highest BCUT2D eigenvalue weighted by molar-refractivity contribution is 5.81. The molecule has 3 nitrogen and oxygen atoms in total. The third kappa shape index (κ3) is 2.38. The molecule has 94 valence electrons. The van der Waals surface area contributed by atoms with Crippen LogP contribution in [0, 0.1) is 16.7 Å². The number of amides is 1. The Labute approximate surface area is 108 Å². The summed E-state index contributed by atoms with van der Waals surface area (Å²) in [5.41, 5.74) is 2.69. The third-order valence-corrected chi connectivity index (χ3v) is 3.28. The van der Waals surface area contributed by atoms with E-state index in [0.29, 0.717) is 12.1 Å². The summed E-state index contributed by atoms with van der Waals surface area (Å²) in [6.07, 6.45) is 0.878. The van der Waals surface area contributed by atoms with Crippen molar-refractivity contribution >= 4 is 5.91 Å². The lowest BCUT2D eigenvalue weighted by atomic mass is 9.91. The molecular weight excluding hydrogens is 224 g/mol. The molecule has 1 aromatic carbocycles. The summed E-state index contributed by atoms with van der Waals surface area (Å²) in [7, 11) is 0. The van der Waals surface area contributed by atoms with E-state index in [9.17, 15) is 4.79 Å². The van der Waals surface area contributed by atoms with Gasteiger partial charge in [-0.05, 0) is 29.7 Å². The molecular formula is C15H18N2O. The van der Waals surface area contributed by atoms with Gasteiger partial charge in [-0.2, -0.15) is 5.26 Å². The van der Waals surface area contributed by atoms with Crippen LogP contribution in [-0.4, -0.2) is 17.4 Å². The van der Waals surface area contributed by atoms with Crippen molar-refractivity contribution < 1.29 is 4.79 Å². The first kappa shape index (κ1) is 12.6. The standard InChI is InChI=1S/C15H18N2O/c1-15(2,3)14(18)17-7-6-12-5-4-11(9-16)8-13(12)10-17/h4-5,8H,6-7,10H2,1-3H3. The lowest BCUT2D eigenvalue weighted by molar-refractivity contribution is -0.140. The molecule has 18 heavy (non-hydrogen) atoms. The summed E-state index contributed by atoms with van der Waals surface area (Å²) in [6, 6.07) is 7.90. The maximum atomic E-state index is 12.2. The maximum absolute atomic E-state index is 12.2. The minimum atomic E-state index is -0.343. The second-order valence-electron chi connectivity index (χ2n) is 5.82. The van der Waals surface area contributed by atoms with E-state index in [2.05, 4.69) is 6.07 Å². The Morgan fingerprint density at radius 1 is 1.33 bits per heavy atom. The number of carbonyl (C=O) groups excluding carboxylic acids is 1. The van der Waals surface area contributed by atoms with Crippen LogP contribution in [0.3, 0.4) is 0 Å². The van der Waals surface area contributed by atoms with E-state index in [4.69, 9.17) is 5.26 Å². The first-order valence-corrected chi connectivity index (χ1v) is 6.23. The van der Waals surface area contributed by atoms with Gasteiger partial charge in [-0.25, -0.2) is 0 Å². The number of benzene rings is 1. The molecule has 0 aromatic heterocycles. The van der Waals surface area contributed by atoms with Crippen LogP contribution in [0.1, 0.15) is 37.5 Å². The molecule has 0 spiro atoms. The Balaban J connectivity index is 2.24. The number of rotatable bonds is 0. The van der Waals surface area contributed by atoms with E-state index in [1.54, 1.807) is 0 Å². The quantitative estimate of drug-likeness (QED) is 0.701. The maximum Gasteiger partial charge on any atom is 0.228 e. The smallest absolute Gasteiger partial charge is 0.228 e. The van der Waals surface area contributed by atoms with Crippen LogP contribution >= 0.6 is 0 Å². The van der Waals surface area contributed by atoms with Crippen molar-refractivity contribution in [3.8, 4) is 6.07 Å². The van der Waals surface area contributed by atoms with E-state index in [1.807, 2.05) is 43.9 Å². The number of fused-ring (bicyclic) bond motifs is 1. The number of hydrogen-bond acceptors (Lipinski definition) is 2. The Kier molecular flexibility index (Phi) is 3.13. The molecule has 1 heterocycles. The van der Waals surface area contributed by atoms with Gasteiger partial charge in [-0.1, -0.05) is 26.8 Å². The molecule has 0 N–H and O–H groups in total. The summed E-state index contributed by atoms with van der Waals surface area (Å²) in [4.78, 5) is 14.1. The normalized spacial score (nSPS) is 14.9. The summed E-state index contributed by atoms with van der Waals surface area (Å²) in [6.45, 7) is 7.22. The predicted molar refractivity (Wildman–Crippen MR) is 69.7 cm³/mol. The molecule has 1 aliphatic rings. The molecule has 1 aliphatic heterocycles. The SMILES string of the molecule is CC(C)(C)C(=O)N1CCc2ccc(C#N)cc2C1. The van der Waals surface area contributed by atoms with Gasteiger partial charge in [-0.15, -0.1) is 0 Å². The average molecular weight is 242 g/mol. The van der Waals surface area contributed by atoms with Crippen LogP contribution < -0.4 is 0 Å². The molecule has 0 radical (unpaired) electrons. The van der Waals surface area contributed by atoms with Crippen molar-refractivity contribution in [2.45, 2.75) is 33.7 Å². The second kappa shape index (κ2) is 4.45. The minimum absolute atomic E-state index is 0.176. The van der Waals surface area contributed by atoms with Crippen molar-refractivity contribution in [2.24, 2.45) is 5.41 Å². The fourth-order valence-corrected chi connectivity index (χ4v) is 2.27. The monoisotopic (exact) mass is 242 g/mol. The van der Waals surface area contributed by atoms with Crippen molar-refractivity contribution in [2.75, 3.05) is 6.54 Å². The fraction of sp³-hybridized carbons (Fsp3) is 0.467. The Bertz CT molecular complexity index is 520. The van der Waals surface area contributed by atoms with E-state index in [-0.39, 0.29) is 11.3 Å². The van der Waals surface area contributed by atoms with Gasteiger partial charge in [0.15, 0.2) is 0 Å². The van der Waals surface area contributed by atoms with E-state index < -0.39 is 0 Å². The average Bonchev–Trinajstić information content (AvgIpc) is 2.35. The molecule has 0 unspecified atom stereocenters. The zero-order chi connectivity index (χ0) is 13.3. The molecule has 0 bridgehead atoms. The van der Waals surface area contributed by atoms with Crippen molar-refractivity contribution in [3.05, 3.63) is 34.9 Å². The summed E-state index contributed by atoms with van der Waals surface area (Å²) in [5.74, 6) is 0.176. The van der Waals surface area contributed by atoms with Crippen molar-refractivity contribution in [1.82, 2.24) is 4.90 Å². The van der Waals surface area contributed by atoms with Crippen molar-refractivity contribution in [3.63, 3.8) is 0 Å². The number of nitrogens with zero attached hydrogens (tertiary/aromatic N) is 2. The van der Waals surface area contributed by atoms with Crippen LogP contribution in [0.2, 0.25) is 0 Å². The first-order valence-electron chi connectivity index (χ1n) is 6.23. The first-order chi connectivity index (χ1) is 8.41. The van der Waals surface area contributed by atoms with Gasteiger partial charge in [0.2, 0.25) is 5.91 Å². The molecule has 0 atom stereocenters. The van der Waals surface area contributed by atoms with Gasteiger partial charge in [0.25, 0.3) is 0 Å². The Morgan fingerprint density at radius 3 is 2.67 bits per heavy atom. The number of hydrogen-bond donors (Lipinski definition) is 0. The van der Waals surface area contributed by atoms with E-state index >= 15 is 0 Å². The largest absolute Gasteiger partial charge is 0.338 e. The summed E-state index contributed by atoms with van der Waals surface area (Å²) >= 11 is 0. The van der Waals surface area contributed by atoms with E-state index in [0.717, 1.165) is 18.5 Å². The minimum Gasteiger partial charge on any atom is -0.338 e. The van der Waals surface area contributed by atoms with Crippen LogP contribution in [0.15, 0.2) is 18.2 Å². The highest BCUT2D eigenvalue weighted by atomic mass is 16.2. The lowest BCUT2D eigenvalue weighted by Gasteiger charge is -2.33. The fourth-order valence-electron chi connectivity index (χ4n) is 2.27. The number of carbonyl (C=O) groups is 1. The summed E-state index contributed by atoms with van der Waals surface area (Å²) in [5, 5.41) is 8.91. The molecule has 0 saturated heterocycles. The zero-order valence-corrected chi connectivity index (χ0v) is 11.2. The number of nitriles is 1. The highest BCUT2D eigenvalue weighted by Gasteiger charge is 2.29. The van der Waals surface area contributed by atoms with E-state index in [1.165, 1.54) is 5.56 Å². The molecule has 0 fully saturated rings. The van der Waals surface area contributed by atoms with Crippen LogP contribution in [0.5, 0.6) is 0 Å². The Hall–Kier alpha value is -1.82. The van der Waals surface area contributed by atoms with Gasteiger partial charge in [0.1, 0.15) is 0 Å². The van der Waals surface area contributed by atoms with Gasteiger partial charge in [-0.3, -0.25) is 4.79 Å². The summed E-state index contributed by atoms with van der Waals surface area (Å²) < 4.78 is 0. The zero-order valence-electron chi connectivity index (χ0n) is 11.2.